The van der Waals surface area contributed by atoms with Crippen LogP contribution in [0, 0.1) is 0 Å². The van der Waals surface area contributed by atoms with Crippen LogP contribution in [0.2, 0.25) is 0 Å². The Morgan fingerprint density at radius 2 is 1.81 bits per heavy atom. The Kier molecular flexibility index (Phi) is 3.84. The van der Waals surface area contributed by atoms with Crippen LogP contribution in [0.4, 0.5) is 5.82 Å². The lowest BCUT2D eigenvalue weighted by atomic mass is 10.0. The fraction of sp³-hybridized carbons (Fsp3) is 0.167. The first-order chi connectivity index (χ1) is 10.3. The lowest BCUT2D eigenvalue weighted by Crippen LogP contribution is -2.11. The van der Waals surface area contributed by atoms with E-state index >= 15 is 0 Å². The minimum atomic E-state index is 0.746. The van der Waals surface area contributed by atoms with Crippen molar-refractivity contribution in [1.29, 1.82) is 0 Å². The van der Waals surface area contributed by atoms with Crippen LogP contribution in [0.3, 0.4) is 0 Å². The van der Waals surface area contributed by atoms with Crippen molar-refractivity contribution < 1.29 is 0 Å². The van der Waals surface area contributed by atoms with Crippen LogP contribution >= 0.6 is 0 Å². The van der Waals surface area contributed by atoms with Crippen LogP contribution < -0.4 is 11.3 Å². The van der Waals surface area contributed by atoms with Crippen molar-refractivity contribution in [2.24, 2.45) is 5.84 Å². The third-order valence-corrected chi connectivity index (χ3v) is 3.74. The van der Waals surface area contributed by atoms with E-state index < -0.39 is 0 Å². The summed E-state index contributed by atoms with van der Waals surface area (Å²) in [6.07, 6.45) is 1.85. The summed E-state index contributed by atoms with van der Waals surface area (Å²) < 4.78 is 0. The number of nitrogens with one attached hydrogen (secondary N) is 1. The molecule has 0 atom stereocenters. The van der Waals surface area contributed by atoms with Gasteiger partial charge in [0.2, 0.25) is 0 Å². The minimum absolute atomic E-state index is 0.746. The summed E-state index contributed by atoms with van der Waals surface area (Å²) >= 11 is 0. The van der Waals surface area contributed by atoms with Gasteiger partial charge in [-0.2, -0.15) is 0 Å². The highest BCUT2D eigenvalue weighted by Crippen LogP contribution is 2.23. The van der Waals surface area contributed by atoms with Crippen molar-refractivity contribution in [2.45, 2.75) is 19.8 Å². The molecule has 3 heteroatoms. The van der Waals surface area contributed by atoms with Gasteiger partial charge in [-0.15, -0.1) is 0 Å². The van der Waals surface area contributed by atoms with Gasteiger partial charge in [-0.1, -0.05) is 43.3 Å². The molecule has 0 saturated carbocycles. The molecule has 0 spiro atoms. The number of nitrogen functional groups attached to an aromatic ring is 1. The highest BCUT2D eigenvalue weighted by molar-refractivity contribution is 5.82. The number of hydrazine groups is 1. The second kappa shape index (κ2) is 5.94. The number of hydrogen-bond acceptors (Lipinski definition) is 3. The summed E-state index contributed by atoms with van der Waals surface area (Å²) in [5.74, 6) is 6.38. The molecule has 2 aromatic carbocycles. The number of aromatic nitrogens is 1. The molecule has 0 bridgehead atoms. The van der Waals surface area contributed by atoms with E-state index in [1.165, 1.54) is 16.5 Å². The zero-order chi connectivity index (χ0) is 14.7. The Morgan fingerprint density at radius 1 is 1.00 bits per heavy atom. The first kappa shape index (κ1) is 13.6. The monoisotopic (exact) mass is 277 g/mol. The molecule has 1 heterocycles. The van der Waals surface area contributed by atoms with Gasteiger partial charge in [0.25, 0.3) is 0 Å². The number of benzene rings is 2. The maximum Gasteiger partial charge on any atom is 0.144 e. The van der Waals surface area contributed by atoms with E-state index in [0.29, 0.717) is 0 Å². The van der Waals surface area contributed by atoms with E-state index in [-0.39, 0.29) is 0 Å². The van der Waals surface area contributed by atoms with E-state index in [1.54, 1.807) is 0 Å². The maximum absolute atomic E-state index is 5.64. The molecule has 0 radical (unpaired) electrons. The third kappa shape index (κ3) is 2.88. The Labute approximate surface area is 124 Å². The summed E-state index contributed by atoms with van der Waals surface area (Å²) in [6.45, 7) is 2.16. The van der Waals surface area contributed by atoms with Crippen molar-refractivity contribution >= 4 is 16.7 Å². The third-order valence-electron chi connectivity index (χ3n) is 3.74. The van der Waals surface area contributed by atoms with Gasteiger partial charge < -0.3 is 5.43 Å². The Morgan fingerprint density at radius 3 is 2.52 bits per heavy atom. The van der Waals surface area contributed by atoms with E-state index in [9.17, 15) is 0 Å². The average Bonchev–Trinajstić information content (AvgIpc) is 2.54. The molecule has 0 saturated heterocycles. The summed E-state index contributed by atoms with van der Waals surface area (Å²) in [5, 5.41) is 1.17. The van der Waals surface area contributed by atoms with Gasteiger partial charge in [0.15, 0.2) is 0 Å². The molecule has 0 aliphatic rings. The average molecular weight is 277 g/mol. The quantitative estimate of drug-likeness (QED) is 0.565. The van der Waals surface area contributed by atoms with Crippen molar-refractivity contribution in [3.63, 3.8) is 0 Å². The highest BCUT2D eigenvalue weighted by Gasteiger charge is 2.07. The zero-order valence-electron chi connectivity index (χ0n) is 12.1. The Balaban J connectivity index is 2.07. The maximum atomic E-state index is 5.64. The smallest absolute Gasteiger partial charge is 0.144 e. The lowest BCUT2D eigenvalue weighted by molar-refractivity contribution is 1.13. The Hall–Kier alpha value is -2.39. The predicted molar refractivity (Wildman–Crippen MR) is 88.2 cm³/mol. The number of pyridine rings is 1. The highest BCUT2D eigenvalue weighted by atomic mass is 15.2. The second-order valence-corrected chi connectivity index (χ2v) is 5.18. The summed E-state index contributed by atoms with van der Waals surface area (Å²) in [4.78, 5) is 4.63. The molecule has 0 fully saturated rings. The molecule has 21 heavy (non-hydrogen) atoms. The molecule has 1 aromatic heterocycles. The van der Waals surface area contributed by atoms with Crippen molar-refractivity contribution in [3.05, 3.63) is 71.3 Å². The Bertz CT molecular complexity index is 751. The first-order valence-corrected chi connectivity index (χ1v) is 7.23. The molecule has 3 N–H and O–H groups in total. The van der Waals surface area contributed by atoms with E-state index in [0.717, 1.165) is 29.7 Å². The molecule has 0 unspecified atom stereocenters. The topological polar surface area (TPSA) is 50.9 Å². The van der Waals surface area contributed by atoms with E-state index in [1.807, 2.05) is 6.07 Å². The number of nitrogens with zero attached hydrogens (tertiary/aromatic N) is 1. The number of anilines is 1. The van der Waals surface area contributed by atoms with Gasteiger partial charge in [0, 0.05) is 17.4 Å². The number of fused-ring (bicyclic) bond motifs is 1. The minimum Gasteiger partial charge on any atom is -0.308 e. The van der Waals surface area contributed by atoms with Crippen LogP contribution in [0.25, 0.3) is 10.9 Å². The summed E-state index contributed by atoms with van der Waals surface area (Å²) in [5.41, 5.74) is 7.38. The molecular weight excluding hydrogens is 258 g/mol. The molecule has 106 valence electrons. The van der Waals surface area contributed by atoms with Gasteiger partial charge in [0.05, 0.1) is 5.52 Å². The van der Waals surface area contributed by atoms with Crippen molar-refractivity contribution in [2.75, 3.05) is 5.43 Å². The molecule has 3 rings (SSSR count). The largest absolute Gasteiger partial charge is 0.308 e. The van der Waals surface area contributed by atoms with Crippen molar-refractivity contribution in [1.82, 2.24) is 4.98 Å². The fourth-order valence-electron chi connectivity index (χ4n) is 2.57. The number of aryl methyl sites for hydroxylation is 1. The van der Waals surface area contributed by atoms with Crippen LogP contribution in [0.5, 0.6) is 0 Å². The first-order valence-electron chi connectivity index (χ1n) is 7.23. The second-order valence-electron chi connectivity index (χ2n) is 5.18. The SMILES string of the molecule is CCc1ccc2nc(NN)c(Cc3ccccc3)cc2c1. The molecular formula is C18H19N3. The van der Waals surface area contributed by atoms with E-state index in [4.69, 9.17) is 5.84 Å². The zero-order valence-corrected chi connectivity index (χ0v) is 12.1. The van der Waals surface area contributed by atoms with Crippen LogP contribution in [0.1, 0.15) is 23.6 Å². The van der Waals surface area contributed by atoms with Crippen LogP contribution in [-0.2, 0) is 12.8 Å². The normalized spacial score (nSPS) is 10.8. The standard InChI is InChI=1S/C18H19N3/c1-2-13-8-9-17-15(10-13)12-16(18(20-17)21-19)11-14-6-4-3-5-7-14/h3-10,12H,2,11,19H2,1H3,(H,20,21). The van der Waals surface area contributed by atoms with Gasteiger partial charge in [0.1, 0.15) is 5.82 Å². The summed E-state index contributed by atoms with van der Waals surface area (Å²) in [6, 6.07) is 18.9. The number of rotatable bonds is 4. The van der Waals surface area contributed by atoms with Gasteiger partial charge in [-0.3, -0.25) is 0 Å². The van der Waals surface area contributed by atoms with E-state index in [2.05, 4.69) is 65.9 Å². The van der Waals surface area contributed by atoms with Gasteiger partial charge >= 0.3 is 0 Å². The number of hydrogen-bond donors (Lipinski definition) is 2. The lowest BCUT2D eigenvalue weighted by Gasteiger charge is -2.11. The summed E-state index contributed by atoms with van der Waals surface area (Å²) in [7, 11) is 0. The molecule has 3 nitrogen and oxygen atoms in total. The van der Waals surface area contributed by atoms with Gasteiger partial charge in [-0.25, -0.2) is 10.8 Å². The number of nitrogens with two attached hydrogens (primary N) is 1. The van der Waals surface area contributed by atoms with Crippen LogP contribution in [-0.4, -0.2) is 4.98 Å². The van der Waals surface area contributed by atoms with Crippen LogP contribution in [0.15, 0.2) is 54.6 Å². The molecule has 0 aliphatic carbocycles. The van der Waals surface area contributed by atoms with Crippen molar-refractivity contribution in [3.8, 4) is 0 Å². The molecule has 0 amide bonds. The molecule has 3 aromatic rings. The molecule has 0 aliphatic heterocycles. The van der Waals surface area contributed by atoms with Gasteiger partial charge in [-0.05, 0) is 35.7 Å². The fourth-order valence-corrected chi connectivity index (χ4v) is 2.57. The predicted octanol–water partition coefficient (Wildman–Crippen LogP) is 3.67.